The van der Waals surface area contributed by atoms with E-state index in [2.05, 4.69) is 12.1 Å². The molecule has 2 N–H and O–H groups in total. The number of piperidine rings is 1. The first-order valence-electron chi connectivity index (χ1n) is 7.61. The van der Waals surface area contributed by atoms with Gasteiger partial charge in [-0.05, 0) is 36.5 Å². The van der Waals surface area contributed by atoms with Gasteiger partial charge in [-0.3, -0.25) is 0 Å². The molecule has 2 aromatic carbocycles. The van der Waals surface area contributed by atoms with Crippen LogP contribution in [-0.4, -0.2) is 19.1 Å². The zero-order valence-corrected chi connectivity index (χ0v) is 12.4. The lowest BCUT2D eigenvalue weighted by Gasteiger charge is -2.38. The number of hydrogen-bond acceptors (Lipinski definition) is 2. The predicted octanol–water partition coefficient (Wildman–Crippen LogP) is 3.36. The van der Waals surface area contributed by atoms with Crippen LogP contribution in [0.5, 0.6) is 0 Å². The van der Waals surface area contributed by atoms with Gasteiger partial charge in [0, 0.05) is 25.2 Å². The summed E-state index contributed by atoms with van der Waals surface area (Å²) in [5, 5.41) is 0. The molecule has 0 spiro atoms. The molecule has 1 fully saturated rings. The summed E-state index contributed by atoms with van der Waals surface area (Å²) in [5.41, 5.74) is 7.85. The van der Waals surface area contributed by atoms with E-state index in [4.69, 9.17) is 5.73 Å². The van der Waals surface area contributed by atoms with Crippen LogP contribution in [0.3, 0.4) is 0 Å². The average Bonchev–Trinajstić information content (AvgIpc) is 2.47. The highest BCUT2D eigenvalue weighted by molar-refractivity contribution is 5.48. The molecule has 4 heteroatoms. The van der Waals surface area contributed by atoms with E-state index < -0.39 is 11.6 Å². The predicted molar refractivity (Wildman–Crippen MR) is 84.8 cm³/mol. The molecular weight excluding hydrogens is 282 g/mol. The highest BCUT2D eigenvalue weighted by Crippen LogP contribution is 2.27. The number of benzene rings is 2. The second-order valence-electron chi connectivity index (χ2n) is 6.05. The van der Waals surface area contributed by atoms with Crippen LogP contribution in [0.4, 0.5) is 14.5 Å². The van der Waals surface area contributed by atoms with E-state index in [0.29, 0.717) is 18.2 Å². The Hall–Kier alpha value is -1.94. The highest BCUT2D eigenvalue weighted by Gasteiger charge is 2.26. The van der Waals surface area contributed by atoms with Crippen LogP contribution in [0.2, 0.25) is 0 Å². The molecule has 2 nitrogen and oxygen atoms in total. The van der Waals surface area contributed by atoms with Crippen molar-refractivity contribution in [2.45, 2.75) is 18.9 Å². The second-order valence-corrected chi connectivity index (χ2v) is 6.05. The first kappa shape index (κ1) is 15.0. The third-order valence-corrected chi connectivity index (χ3v) is 4.19. The molecule has 2 unspecified atom stereocenters. The maximum absolute atomic E-state index is 14.0. The Bertz CT molecular complexity index is 630. The molecule has 2 atom stereocenters. The van der Waals surface area contributed by atoms with E-state index in [0.717, 1.165) is 25.5 Å². The zero-order valence-electron chi connectivity index (χ0n) is 12.4. The first-order valence-corrected chi connectivity index (χ1v) is 7.61. The Morgan fingerprint density at radius 2 is 1.82 bits per heavy atom. The Morgan fingerprint density at radius 1 is 1.05 bits per heavy atom. The molecule has 0 radical (unpaired) electrons. The van der Waals surface area contributed by atoms with Gasteiger partial charge in [-0.25, -0.2) is 8.78 Å². The van der Waals surface area contributed by atoms with Gasteiger partial charge in [0.05, 0.1) is 5.69 Å². The molecule has 22 heavy (non-hydrogen) atoms. The van der Waals surface area contributed by atoms with E-state index in [1.165, 1.54) is 17.7 Å². The van der Waals surface area contributed by atoms with Crippen LogP contribution in [0.25, 0.3) is 0 Å². The topological polar surface area (TPSA) is 29.3 Å². The molecule has 116 valence electrons. The van der Waals surface area contributed by atoms with Crippen molar-refractivity contribution in [1.29, 1.82) is 0 Å². The maximum atomic E-state index is 14.0. The average molecular weight is 302 g/mol. The number of hydrogen-bond donors (Lipinski definition) is 1. The van der Waals surface area contributed by atoms with Gasteiger partial charge in [-0.2, -0.15) is 0 Å². The van der Waals surface area contributed by atoms with Gasteiger partial charge in [0.2, 0.25) is 0 Å². The summed E-state index contributed by atoms with van der Waals surface area (Å²) in [6.07, 6.45) is 1.85. The summed E-state index contributed by atoms with van der Waals surface area (Å²) in [7, 11) is 0. The highest BCUT2D eigenvalue weighted by atomic mass is 19.1. The summed E-state index contributed by atoms with van der Waals surface area (Å²) in [5.74, 6) is -0.702. The van der Waals surface area contributed by atoms with Crippen LogP contribution in [0.15, 0.2) is 48.5 Å². The smallest absolute Gasteiger partial charge is 0.149 e. The number of nitrogens with zero attached hydrogens (tertiary/aromatic N) is 1. The van der Waals surface area contributed by atoms with E-state index in [1.807, 2.05) is 23.1 Å². The van der Waals surface area contributed by atoms with Crippen molar-refractivity contribution >= 4 is 5.69 Å². The molecule has 0 saturated carbocycles. The minimum Gasteiger partial charge on any atom is -0.367 e. The van der Waals surface area contributed by atoms with Crippen molar-refractivity contribution in [3.63, 3.8) is 0 Å². The number of halogens is 2. The van der Waals surface area contributed by atoms with Gasteiger partial charge in [-0.15, -0.1) is 0 Å². The molecule has 1 aliphatic heterocycles. The van der Waals surface area contributed by atoms with Crippen molar-refractivity contribution in [2.24, 2.45) is 11.7 Å². The summed E-state index contributed by atoms with van der Waals surface area (Å²) >= 11 is 0. The van der Waals surface area contributed by atoms with Crippen LogP contribution < -0.4 is 10.6 Å². The summed E-state index contributed by atoms with van der Waals surface area (Å²) in [4.78, 5) is 1.94. The molecule has 0 bridgehead atoms. The third kappa shape index (κ3) is 3.45. The maximum Gasteiger partial charge on any atom is 0.149 e. The molecule has 1 heterocycles. The van der Waals surface area contributed by atoms with Crippen molar-refractivity contribution in [3.05, 3.63) is 65.7 Å². The first-order chi connectivity index (χ1) is 10.6. The largest absolute Gasteiger partial charge is 0.367 e. The van der Waals surface area contributed by atoms with E-state index >= 15 is 0 Å². The molecule has 0 aliphatic carbocycles. The van der Waals surface area contributed by atoms with Crippen LogP contribution in [0, 0.1) is 17.6 Å². The van der Waals surface area contributed by atoms with Crippen LogP contribution in [0.1, 0.15) is 12.0 Å². The lowest BCUT2D eigenvalue weighted by Crippen LogP contribution is -2.48. The second kappa shape index (κ2) is 6.44. The molecule has 0 aromatic heterocycles. The molecule has 2 aromatic rings. The van der Waals surface area contributed by atoms with E-state index in [1.54, 1.807) is 0 Å². The van der Waals surface area contributed by atoms with E-state index in [-0.39, 0.29) is 6.04 Å². The Balaban J connectivity index is 1.76. The lowest BCUT2D eigenvalue weighted by molar-refractivity contribution is 0.372. The summed E-state index contributed by atoms with van der Waals surface area (Å²) in [6, 6.07) is 14.0. The molecule has 3 rings (SSSR count). The molecule has 0 amide bonds. The Morgan fingerprint density at radius 3 is 2.55 bits per heavy atom. The summed E-state index contributed by atoms with van der Waals surface area (Å²) < 4.78 is 27.1. The zero-order chi connectivity index (χ0) is 15.5. The van der Waals surface area contributed by atoms with Gasteiger partial charge < -0.3 is 10.6 Å². The lowest BCUT2D eigenvalue weighted by atomic mass is 9.89. The van der Waals surface area contributed by atoms with Gasteiger partial charge in [-0.1, -0.05) is 30.3 Å². The number of nitrogens with two attached hydrogens (primary N) is 1. The van der Waals surface area contributed by atoms with Crippen molar-refractivity contribution in [1.82, 2.24) is 0 Å². The minimum atomic E-state index is -0.552. The normalized spacial score (nSPS) is 21.9. The van der Waals surface area contributed by atoms with Crippen molar-refractivity contribution < 1.29 is 8.78 Å². The molecule has 1 aliphatic rings. The fraction of sp³-hybridized carbons (Fsp3) is 0.333. The van der Waals surface area contributed by atoms with Gasteiger partial charge in [0.1, 0.15) is 11.6 Å². The monoisotopic (exact) mass is 302 g/mol. The SMILES string of the molecule is NC1CC(Cc2ccccc2)CN(c2ccc(F)cc2F)C1. The van der Waals surface area contributed by atoms with Gasteiger partial charge in [0.15, 0.2) is 0 Å². The Labute approximate surface area is 129 Å². The number of rotatable bonds is 3. The quantitative estimate of drug-likeness (QED) is 0.942. The van der Waals surface area contributed by atoms with Crippen LogP contribution in [-0.2, 0) is 6.42 Å². The van der Waals surface area contributed by atoms with E-state index in [9.17, 15) is 8.78 Å². The third-order valence-electron chi connectivity index (χ3n) is 4.19. The fourth-order valence-corrected chi connectivity index (χ4v) is 3.28. The number of anilines is 1. The molecular formula is C18H20F2N2. The van der Waals surface area contributed by atoms with Gasteiger partial charge in [0.25, 0.3) is 0 Å². The van der Waals surface area contributed by atoms with Crippen molar-refractivity contribution in [2.75, 3.05) is 18.0 Å². The standard InChI is InChI=1S/C18H20F2N2/c19-15-6-7-18(17(20)10-15)22-11-14(9-16(21)12-22)8-13-4-2-1-3-5-13/h1-7,10,14,16H,8-9,11-12,21H2. The fourth-order valence-electron chi connectivity index (χ4n) is 3.28. The minimum absolute atomic E-state index is 0.00640. The Kier molecular flexibility index (Phi) is 4.39. The van der Waals surface area contributed by atoms with Gasteiger partial charge >= 0.3 is 0 Å². The summed E-state index contributed by atoms with van der Waals surface area (Å²) in [6.45, 7) is 1.35. The van der Waals surface area contributed by atoms with Crippen LogP contribution >= 0.6 is 0 Å². The van der Waals surface area contributed by atoms with Crippen molar-refractivity contribution in [3.8, 4) is 0 Å². The molecule has 1 saturated heterocycles.